The predicted molar refractivity (Wildman–Crippen MR) is 113 cm³/mol. The number of nitrogens with zero attached hydrogens (tertiary/aromatic N) is 3. The molecule has 7 nitrogen and oxygen atoms in total. The van der Waals surface area contributed by atoms with E-state index in [0.717, 1.165) is 37.8 Å². The maximum Gasteiger partial charge on any atom is 0.227 e. The van der Waals surface area contributed by atoms with Gasteiger partial charge in [-0.15, -0.1) is 4.31 Å². The third-order valence-corrected chi connectivity index (χ3v) is 8.60. The Bertz CT molecular complexity index is 835. The molecule has 4 rings (SSSR count). The molecule has 0 aromatic heterocycles. The molecule has 0 aliphatic carbocycles. The molecular weight excluding hydrogens is 402 g/mol. The lowest BCUT2D eigenvalue weighted by molar-refractivity contribution is -0.139. The van der Waals surface area contributed by atoms with E-state index in [4.69, 9.17) is 0 Å². The molecule has 2 amide bonds. The van der Waals surface area contributed by atoms with Crippen molar-refractivity contribution in [3.63, 3.8) is 0 Å². The highest BCUT2D eigenvalue weighted by Crippen LogP contribution is 2.30. The van der Waals surface area contributed by atoms with Gasteiger partial charge in [-0.2, -0.15) is 0 Å². The average molecular weight is 434 g/mol. The molecule has 0 spiro atoms. The number of likely N-dealkylation sites (tertiary alicyclic amines) is 2. The Morgan fingerprint density at radius 2 is 1.73 bits per heavy atom. The van der Waals surface area contributed by atoms with Gasteiger partial charge in [0.05, 0.1) is 12.5 Å². The maximum atomic E-state index is 13.1. The van der Waals surface area contributed by atoms with Crippen molar-refractivity contribution < 1.29 is 18.4 Å². The van der Waals surface area contributed by atoms with E-state index in [1.54, 1.807) is 24.3 Å². The molecule has 0 N–H and O–H groups in total. The van der Waals surface area contributed by atoms with Crippen molar-refractivity contribution in [2.45, 2.75) is 56.4 Å². The first-order chi connectivity index (χ1) is 14.4. The lowest BCUT2D eigenvalue weighted by Crippen LogP contribution is -2.52. The minimum atomic E-state index is -3.58. The zero-order valence-electron chi connectivity index (χ0n) is 17.6. The Hall–Kier alpha value is -1.77. The van der Waals surface area contributed by atoms with Gasteiger partial charge in [-0.3, -0.25) is 9.59 Å². The smallest absolute Gasteiger partial charge is 0.227 e. The van der Waals surface area contributed by atoms with Gasteiger partial charge in [0.2, 0.25) is 11.8 Å². The molecule has 3 fully saturated rings. The van der Waals surface area contributed by atoms with Crippen LogP contribution in [0.3, 0.4) is 0 Å². The summed E-state index contributed by atoms with van der Waals surface area (Å²) in [5.74, 6) is 0.0120. The summed E-state index contributed by atoms with van der Waals surface area (Å²) in [4.78, 5) is 29.3. The van der Waals surface area contributed by atoms with Crippen molar-refractivity contribution in [2.24, 2.45) is 5.92 Å². The number of piperidine rings is 2. The average Bonchev–Trinajstić information content (AvgIpc) is 3.19. The molecule has 0 radical (unpaired) electrons. The van der Waals surface area contributed by atoms with E-state index >= 15 is 0 Å². The Morgan fingerprint density at radius 1 is 1.03 bits per heavy atom. The van der Waals surface area contributed by atoms with Crippen molar-refractivity contribution in [3.05, 3.63) is 29.8 Å². The summed E-state index contributed by atoms with van der Waals surface area (Å²) in [5.41, 5.74) is 1.01. The fourth-order valence-corrected chi connectivity index (χ4v) is 6.46. The lowest BCUT2D eigenvalue weighted by Gasteiger charge is -2.40. The molecule has 0 saturated carbocycles. The van der Waals surface area contributed by atoms with Crippen molar-refractivity contribution >= 4 is 22.2 Å². The molecule has 3 aliphatic heterocycles. The van der Waals surface area contributed by atoms with Crippen LogP contribution in [0.1, 0.15) is 44.1 Å². The van der Waals surface area contributed by atoms with Gasteiger partial charge in [0.15, 0.2) is 15.3 Å². The van der Waals surface area contributed by atoms with Crippen LogP contribution in [-0.2, 0) is 24.2 Å². The van der Waals surface area contributed by atoms with Crippen LogP contribution in [0.25, 0.3) is 0 Å². The van der Waals surface area contributed by atoms with Gasteiger partial charge in [-0.1, -0.05) is 21.9 Å². The third kappa shape index (κ3) is 4.31. The molecule has 3 heterocycles. The second kappa shape index (κ2) is 8.77. The number of amides is 2. The van der Waals surface area contributed by atoms with E-state index < -0.39 is 10.4 Å². The number of hydrogen-bond acceptors (Lipinski definition) is 4. The van der Waals surface area contributed by atoms with Crippen LogP contribution in [0.5, 0.6) is 0 Å². The number of rotatable bonds is 4. The summed E-state index contributed by atoms with van der Waals surface area (Å²) in [6.45, 7) is 4.77. The van der Waals surface area contributed by atoms with Crippen LogP contribution in [0, 0.1) is 12.8 Å². The van der Waals surface area contributed by atoms with Crippen LogP contribution < -0.4 is 0 Å². The highest BCUT2D eigenvalue weighted by Gasteiger charge is 2.39. The molecular formula is C22H31N3O4S. The summed E-state index contributed by atoms with van der Waals surface area (Å²) in [5, 5.41) is 0. The van der Waals surface area contributed by atoms with Gasteiger partial charge in [0.25, 0.3) is 0 Å². The number of hydrogen-bond donors (Lipinski definition) is 0. The Balaban J connectivity index is 1.36. The molecule has 30 heavy (non-hydrogen) atoms. The van der Waals surface area contributed by atoms with Gasteiger partial charge in [0.1, 0.15) is 0 Å². The molecule has 8 heteroatoms. The first kappa shape index (κ1) is 21.5. The topological polar surface area (TPSA) is 84.0 Å². The highest BCUT2D eigenvalue weighted by molar-refractivity contribution is 7.95. The Morgan fingerprint density at radius 3 is 2.37 bits per heavy atom. The lowest BCUT2D eigenvalue weighted by atomic mass is 9.96. The minimum Gasteiger partial charge on any atom is -0.593 e. The van der Waals surface area contributed by atoms with Gasteiger partial charge < -0.3 is 14.4 Å². The molecule has 1 aromatic rings. The fourth-order valence-electron chi connectivity index (χ4n) is 4.93. The summed E-state index contributed by atoms with van der Waals surface area (Å²) < 4.78 is 27.5. The second-order valence-corrected chi connectivity index (χ2v) is 10.7. The van der Waals surface area contributed by atoms with Crippen molar-refractivity contribution in [1.82, 2.24) is 14.1 Å². The first-order valence-electron chi connectivity index (χ1n) is 11.0. The second-order valence-electron chi connectivity index (χ2n) is 8.76. The summed E-state index contributed by atoms with van der Waals surface area (Å²) >= 11 is 0. The zero-order valence-corrected chi connectivity index (χ0v) is 18.4. The molecule has 3 saturated heterocycles. The Labute approximate surface area is 179 Å². The largest absolute Gasteiger partial charge is 0.593 e. The number of sulfonamides is 1. The van der Waals surface area contributed by atoms with E-state index in [-0.39, 0.29) is 35.2 Å². The standard InChI is InChI=1S/C22H31N3O4S/c1-17-6-8-20(9-7-17)30(28,29)24-12-2-4-18(16-24)22(27)23-14-10-19(11-15-23)25-13-3-5-21(25)26/h6-9,18-19H,2-5,10-16H2,1H3. The van der Waals surface area contributed by atoms with Crippen molar-refractivity contribution in [3.8, 4) is 0 Å². The number of aryl methyl sites for hydroxylation is 1. The normalized spacial score (nSPS) is 26.1. The van der Waals surface area contributed by atoms with Crippen LogP contribution in [0.4, 0.5) is 0 Å². The van der Waals surface area contributed by atoms with Crippen LogP contribution in [0.15, 0.2) is 29.2 Å². The highest BCUT2D eigenvalue weighted by atomic mass is 32.3. The predicted octanol–water partition coefficient (Wildman–Crippen LogP) is 2.22. The number of benzene rings is 1. The molecule has 0 bridgehead atoms. The third-order valence-electron chi connectivity index (χ3n) is 6.72. The molecule has 164 valence electrons. The van der Waals surface area contributed by atoms with Gasteiger partial charge in [-0.05, 0) is 51.2 Å². The van der Waals surface area contributed by atoms with E-state index in [1.807, 2.05) is 16.7 Å². The van der Waals surface area contributed by atoms with Gasteiger partial charge in [-0.25, -0.2) is 0 Å². The van der Waals surface area contributed by atoms with Crippen LogP contribution >= 0.6 is 0 Å². The quantitative estimate of drug-likeness (QED) is 0.682. The first-order valence-corrected chi connectivity index (χ1v) is 12.5. The van der Waals surface area contributed by atoms with Crippen molar-refractivity contribution in [1.29, 1.82) is 0 Å². The van der Waals surface area contributed by atoms with Gasteiger partial charge >= 0.3 is 0 Å². The molecule has 1 aromatic carbocycles. The van der Waals surface area contributed by atoms with Crippen molar-refractivity contribution in [2.75, 3.05) is 32.7 Å². The minimum absolute atomic E-state index is 0.0602. The summed E-state index contributed by atoms with van der Waals surface area (Å²) in [6, 6.07) is 7.12. The van der Waals surface area contributed by atoms with Gasteiger partial charge in [0, 0.05) is 38.6 Å². The monoisotopic (exact) mass is 433 g/mol. The molecule has 2 atom stereocenters. The van der Waals surface area contributed by atoms with E-state index in [2.05, 4.69) is 0 Å². The fraction of sp³-hybridized carbons (Fsp3) is 0.636. The summed E-state index contributed by atoms with van der Waals surface area (Å²) in [6.07, 6.45) is 4.63. The number of carbonyl (C=O) groups excluding carboxylic acids is 2. The van der Waals surface area contributed by atoms with E-state index in [1.165, 1.54) is 4.31 Å². The van der Waals surface area contributed by atoms with E-state index in [9.17, 15) is 18.4 Å². The van der Waals surface area contributed by atoms with Crippen LogP contribution in [-0.4, -0.2) is 69.2 Å². The van der Waals surface area contributed by atoms with Crippen LogP contribution in [0.2, 0.25) is 0 Å². The number of carbonyl (C=O) groups is 2. The molecule has 2 unspecified atom stereocenters. The zero-order chi connectivity index (χ0) is 21.3. The summed E-state index contributed by atoms with van der Waals surface area (Å²) in [7, 11) is -3.58. The maximum absolute atomic E-state index is 13.1. The SMILES string of the molecule is Cc1ccc([S+](=O)([O-])N2CCCC(C(=O)N3CCC(N4CCCC4=O)CC3)C2)cc1. The van der Waals surface area contributed by atoms with E-state index in [0.29, 0.717) is 32.5 Å². The Kier molecular flexibility index (Phi) is 6.27. The molecule has 3 aliphatic rings.